The van der Waals surface area contributed by atoms with Crippen molar-refractivity contribution in [2.75, 3.05) is 0 Å². The van der Waals surface area contributed by atoms with Gasteiger partial charge in [0.1, 0.15) is 0 Å². The minimum atomic E-state index is 0.0231. The summed E-state index contributed by atoms with van der Waals surface area (Å²) in [7, 11) is 0. The molecule has 0 aliphatic heterocycles. The lowest BCUT2D eigenvalue weighted by Gasteiger charge is -2.19. The highest BCUT2D eigenvalue weighted by molar-refractivity contribution is 5.72. The second-order valence-electron chi connectivity index (χ2n) is 11.0. The minimum Gasteiger partial charge on any atom is -0.208 e. The molecular formula is C37H31N3. The molecule has 6 aromatic rings. The first-order chi connectivity index (χ1) is 19.4. The molecule has 0 bridgehead atoms. The first kappa shape index (κ1) is 25.4. The van der Waals surface area contributed by atoms with Crippen molar-refractivity contribution < 1.29 is 0 Å². The fourth-order valence-electron chi connectivity index (χ4n) is 4.77. The monoisotopic (exact) mass is 517 g/mol. The van der Waals surface area contributed by atoms with E-state index in [1.807, 2.05) is 12.1 Å². The summed E-state index contributed by atoms with van der Waals surface area (Å²) < 4.78 is 0. The van der Waals surface area contributed by atoms with Crippen molar-refractivity contribution in [3.63, 3.8) is 0 Å². The van der Waals surface area contributed by atoms with Gasteiger partial charge in [0.2, 0.25) is 0 Å². The molecule has 0 aliphatic carbocycles. The van der Waals surface area contributed by atoms with E-state index in [-0.39, 0.29) is 5.41 Å². The number of hydrogen-bond donors (Lipinski definition) is 0. The smallest absolute Gasteiger partial charge is 0.164 e. The van der Waals surface area contributed by atoms with Crippen LogP contribution in [-0.2, 0) is 5.41 Å². The van der Waals surface area contributed by atoms with Crippen molar-refractivity contribution in [3.8, 4) is 56.4 Å². The van der Waals surface area contributed by atoms with E-state index in [1.165, 1.54) is 16.7 Å². The van der Waals surface area contributed by atoms with Crippen LogP contribution in [0.3, 0.4) is 0 Å². The Kier molecular flexibility index (Phi) is 6.79. The molecule has 6 rings (SSSR count). The average molecular weight is 518 g/mol. The summed E-state index contributed by atoms with van der Waals surface area (Å²) in [6.07, 6.45) is 0. The third-order valence-electron chi connectivity index (χ3n) is 7.12. The van der Waals surface area contributed by atoms with Gasteiger partial charge in [0.15, 0.2) is 17.5 Å². The van der Waals surface area contributed by atoms with E-state index in [0.717, 1.165) is 27.8 Å². The van der Waals surface area contributed by atoms with Crippen molar-refractivity contribution in [2.24, 2.45) is 0 Å². The number of rotatable bonds is 5. The summed E-state index contributed by atoms with van der Waals surface area (Å²) in [5, 5.41) is 0. The van der Waals surface area contributed by atoms with Crippen molar-refractivity contribution in [2.45, 2.75) is 26.2 Å². The lowest BCUT2D eigenvalue weighted by atomic mass is 9.86. The highest BCUT2D eigenvalue weighted by atomic mass is 15.0. The van der Waals surface area contributed by atoms with Crippen LogP contribution in [0.25, 0.3) is 56.4 Å². The lowest BCUT2D eigenvalue weighted by Crippen LogP contribution is -2.11. The molecule has 0 N–H and O–H groups in total. The number of nitrogens with zero attached hydrogens (tertiary/aromatic N) is 3. The Balaban J connectivity index is 1.44. The molecule has 0 spiro atoms. The molecular weight excluding hydrogens is 486 g/mol. The quantitative estimate of drug-likeness (QED) is 0.229. The van der Waals surface area contributed by atoms with Crippen molar-refractivity contribution in [1.29, 1.82) is 0 Å². The first-order valence-corrected chi connectivity index (χ1v) is 13.6. The molecule has 1 heterocycles. The normalized spacial score (nSPS) is 11.4. The van der Waals surface area contributed by atoms with Gasteiger partial charge in [-0.1, -0.05) is 148 Å². The first-order valence-electron chi connectivity index (χ1n) is 13.6. The number of benzene rings is 5. The average Bonchev–Trinajstić information content (AvgIpc) is 3.01. The van der Waals surface area contributed by atoms with Crippen LogP contribution in [0.15, 0.2) is 133 Å². The standard InChI is InChI=1S/C37H31N3/c1-37(2,3)33-16-10-15-32(25-33)36-39-34(30-21-17-28(18-22-30)26-11-6-4-7-12-26)38-35(40-36)31-23-19-29(20-24-31)27-13-8-5-9-14-27/h4-25H,1-3H3. The molecule has 5 aromatic carbocycles. The van der Waals surface area contributed by atoms with Crippen molar-refractivity contribution >= 4 is 0 Å². The highest BCUT2D eigenvalue weighted by Crippen LogP contribution is 2.30. The van der Waals surface area contributed by atoms with Crippen molar-refractivity contribution in [1.82, 2.24) is 15.0 Å². The van der Waals surface area contributed by atoms with E-state index in [0.29, 0.717) is 17.5 Å². The van der Waals surface area contributed by atoms with E-state index in [2.05, 4.69) is 142 Å². The van der Waals surface area contributed by atoms with Crippen LogP contribution >= 0.6 is 0 Å². The lowest BCUT2D eigenvalue weighted by molar-refractivity contribution is 0.590. The second-order valence-corrected chi connectivity index (χ2v) is 11.0. The molecule has 0 atom stereocenters. The van der Waals surface area contributed by atoms with E-state index in [4.69, 9.17) is 15.0 Å². The SMILES string of the molecule is CC(C)(C)c1cccc(-c2nc(-c3ccc(-c4ccccc4)cc3)nc(-c3ccc(-c4ccccc4)cc3)n2)c1. The van der Waals surface area contributed by atoms with E-state index in [9.17, 15) is 0 Å². The van der Waals surface area contributed by atoms with Gasteiger partial charge in [-0.15, -0.1) is 0 Å². The summed E-state index contributed by atoms with van der Waals surface area (Å²) in [4.78, 5) is 14.9. The van der Waals surface area contributed by atoms with Gasteiger partial charge in [0, 0.05) is 16.7 Å². The van der Waals surface area contributed by atoms with Crippen LogP contribution in [0, 0.1) is 0 Å². The Morgan fingerprint density at radius 2 is 0.700 bits per heavy atom. The van der Waals surface area contributed by atoms with E-state index in [1.54, 1.807) is 0 Å². The Bertz CT molecular complexity index is 1630. The maximum absolute atomic E-state index is 4.97. The van der Waals surface area contributed by atoms with Crippen LogP contribution < -0.4 is 0 Å². The maximum Gasteiger partial charge on any atom is 0.164 e. The maximum atomic E-state index is 4.97. The molecule has 0 unspecified atom stereocenters. The largest absolute Gasteiger partial charge is 0.208 e. The zero-order valence-corrected chi connectivity index (χ0v) is 23.0. The molecule has 3 heteroatoms. The Labute approximate surface area is 236 Å². The Morgan fingerprint density at radius 3 is 1.12 bits per heavy atom. The fourth-order valence-corrected chi connectivity index (χ4v) is 4.77. The van der Waals surface area contributed by atoms with Gasteiger partial charge in [-0.2, -0.15) is 0 Å². The van der Waals surface area contributed by atoms with Crippen LogP contribution in [0.1, 0.15) is 26.3 Å². The van der Waals surface area contributed by atoms with Gasteiger partial charge < -0.3 is 0 Å². The molecule has 0 amide bonds. The number of aromatic nitrogens is 3. The predicted octanol–water partition coefficient (Wildman–Crippen LogP) is 9.50. The summed E-state index contributed by atoms with van der Waals surface area (Å²) in [5.41, 5.74) is 8.85. The summed E-state index contributed by atoms with van der Waals surface area (Å²) in [6, 6.07) is 46.2. The van der Waals surface area contributed by atoms with Gasteiger partial charge in [-0.25, -0.2) is 15.0 Å². The van der Waals surface area contributed by atoms with Crippen LogP contribution in [-0.4, -0.2) is 15.0 Å². The third-order valence-corrected chi connectivity index (χ3v) is 7.12. The molecule has 0 fully saturated rings. The van der Waals surface area contributed by atoms with Gasteiger partial charge in [-0.3, -0.25) is 0 Å². The third kappa shape index (κ3) is 5.45. The van der Waals surface area contributed by atoms with Gasteiger partial charge >= 0.3 is 0 Å². The summed E-state index contributed by atoms with van der Waals surface area (Å²) >= 11 is 0. The van der Waals surface area contributed by atoms with E-state index >= 15 is 0 Å². The minimum absolute atomic E-state index is 0.0231. The van der Waals surface area contributed by atoms with Crippen LogP contribution in [0.2, 0.25) is 0 Å². The molecule has 0 saturated heterocycles. The number of hydrogen-bond acceptors (Lipinski definition) is 3. The predicted molar refractivity (Wildman–Crippen MR) is 166 cm³/mol. The van der Waals surface area contributed by atoms with Gasteiger partial charge in [0.05, 0.1) is 0 Å². The molecule has 0 saturated carbocycles. The highest BCUT2D eigenvalue weighted by Gasteiger charge is 2.17. The van der Waals surface area contributed by atoms with Gasteiger partial charge in [-0.05, 0) is 39.3 Å². The van der Waals surface area contributed by atoms with E-state index < -0.39 is 0 Å². The molecule has 0 radical (unpaired) electrons. The Morgan fingerprint density at radius 1 is 0.350 bits per heavy atom. The zero-order valence-electron chi connectivity index (χ0n) is 23.0. The van der Waals surface area contributed by atoms with Gasteiger partial charge in [0.25, 0.3) is 0 Å². The zero-order chi connectivity index (χ0) is 27.5. The Hall–Kier alpha value is -4.89. The molecule has 0 aliphatic rings. The van der Waals surface area contributed by atoms with Crippen LogP contribution in [0.4, 0.5) is 0 Å². The fraction of sp³-hybridized carbons (Fsp3) is 0.108. The molecule has 1 aromatic heterocycles. The topological polar surface area (TPSA) is 38.7 Å². The summed E-state index contributed by atoms with van der Waals surface area (Å²) in [5.74, 6) is 1.99. The molecule has 194 valence electrons. The molecule has 40 heavy (non-hydrogen) atoms. The van der Waals surface area contributed by atoms with Crippen LogP contribution in [0.5, 0.6) is 0 Å². The summed E-state index contributed by atoms with van der Waals surface area (Å²) in [6.45, 7) is 6.66. The second kappa shape index (κ2) is 10.7. The van der Waals surface area contributed by atoms with Crippen molar-refractivity contribution in [3.05, 3.63) is 139 Å². The molecule has 3 nitrogen and oxygen atoms in total.